The van der Waals surface area contributed by atoms with Gasteiger partial charge in [0.05, 0.1) is 17.1 Å². The summed E-state index contributed by atoms with van der Waals surface area (Å²) >= 11 is 5.88. The number of hydrogen-bond donors (Lipinski definition) is 1. The number of hydrogen-bond acceptors (Lipinski definition) is 3. The number of carbonyl (C=O) groups excluding carboxylic acids is 1. The first kappa shape index (κ1) is 14.7. The Bertz CT molecular complexity index is 721. The van der Waals surface area contributed by atoms with E-state index < -0.39 is 5.82 Å². The van der Waals surface area contributed by atoms with Gasteiger partial charge in [0, 0.05) is 0 Å². The number of halogens is 2. The number of nitrogens with one attached hydrogen (secondary N) is 1. The largest absolute Gasteiger partial charge is 0.486 e. The molecule has 114 valence electrons. The van der Waals surface area contributed by atoms with Gasteiger partial charge in [-0.1, -0.05) is 17.7 Å². The first-order valence-corrected chi connectivity index (χ1v) is 7.13. The lowest BCUT2D eigenvalue weighted by atomic mass is 10.1. The molecular weight excluding hydrogens is 309 g/mol. The molecule has 0 spiro atoms. The van der Waals surface area contributed by atoms with Crippen molar-refractivity contribution < 1.29 is 18.7 Å². The zero-order valence-electron chi connectivity index (χ0n) is 11.6. The van der Waals surface area contributed by atoms with E-state index in [2.05, 4.69) is 5.32 Å². The molecule has 1 aliphatic heterocycles. The Balaban J connectivity index is 1.69. The third kappa shape index (κ3) is 3.31. The Morgan fingerprint density at radius 3 is 2.68 bits per heavy atom. The van der Waals surface area contributed by atoms with E-state index in [1.165, 1.54) is 12.1 Å². The van der Waals surface area contributed by atoms with E-state index in [1.54, 1.807) is 18.2 Å². The van der Waals surface area contributed by atoms with Crippen LogP contribution in [-0.4, -0.2) is 19.1 Å². The monoisotopic (exact) mass is 321 g/mol. The third-order valence-corrected chi connectivity index (χ3v) is 3.49. The molecule has 22 heavy (non-hydrogen) atoms. The van der Waals surface area contributed by atoms with E-state index in [0.29, 0.717) is 30.4 Å². The number of ether oxygens (including phenoxy) is 2. The van der Waals surface area contributed by atoms with Gasteiger partial charge >= 0.3 is 0 Å². The minimum Gasteiger partial charge on any atom is -0.486 e. The molecule has 1 aliphatic rings. The Morgan fingerprint density at radius 1 is 1.14 bits per heavy atom. The van der Waals surface area contributed by atoms with Crippen molar-refractivity contribution in [2.45, 2.75) is 6.42 Å². The van der Waals surface area contributed by atoms with Gasteiger partial charge in [0.2, 0.25) is 5.91 Å². The van der Waals surface area contributed by atoms with Gasteiger partial charge in [0.25, 0.3) is 0 Å². The van der Waals surface area contributed by atoms with Gasteiger partial charge in [0.1, 0.15) is 19.0 Å². The van der Waals surface area contributed by atoms with E-state index in [0.717, 1.165) is 11.6 Å². The predicted molar refractivity (Wildman–Crippen MR) is 81.2 cm³/mol. The maximum Gasteiger partial charge on any atom is 0.228 e. The summed E-state index contributed by atoms with van der Waals surface area (Å²) in [5.74, 6) is 0.619. The molecule has 4 nitrogen and oxygen atoms in total. The van der Waals surface area contributed by atoms with Gasteiger partial charge in [-0.25, -0.2) is 4.39 Å². The Morgan fingerprint density at radius 2 is 1.91 bits per heavy atom. The zero-order chi connectivity index (χ0) is 15.5. The fraction of sp³-hybridized carbons (Fsp3) is 0.188. The SMILES string of the molecule is O=C(Cc1ccc2c(c1)OCCO2)Nc1ccc(F)cc1Cl. The van der Waals surface area contributed by atoms with Crippen LogP contribution < -0.4 is 14.8 Å². The molecule has 2 aromatic carbocycles. The normalized spacial score (nSPS) is 12.8. The van der Waals surface area contributed by atoms with E-state index in [1.807, 2.05) is 0 Å². The van der Waals surface area contributed by atoms with Gasteiger partial charge in [-0.2, -0.15) is 0 Å². The van der Waals surface area contributed by atoms with Gasteiger partial charge in [0.15, 0.2) is 11.5 Å². The minimum absolute atomic E-state index is 0.157. The molecule has 1 amide bonds. The second kappa shape index (κ2) is 6.23. The summed E-state index contributed by atoms with van der Waals surface area (Å²) < 4.78 is 23.9. The molecule has 0 aliphatic carbocycles. The molecule has 2 aromatic rings. The average molecular weight is 322 g/mol. The molecule has 1 N–H and O–H groups in total. The molecule has 6 heteroatoms. The van der Waals surface area contributed by atoms with Gasteiger partial charge in [-0.3, -0.25) is 4.79 Å². The van der Waals surface area contributed by atoms with Crippen molar-refractivity contribution in [3.05, 3.63) is 52.8 Å². The Labute approximate surface area is 131 Å². The van der Waals surface area contributed by atoms with Crippen LogP contribution in [0.3, 0.4) is 0 Å². The number of amides is 1. The average Bonchev–Trinajstić information content (AvgIpc) is 2.50. The summed E-state index contributed by atoms with van der Waals surface area (Å²) in [6.07, 6.45) is 0.157. The van der Waals surface area contributed by atoms with Crippen molar-refractivity contribution >= 4 is 23.2 Å². The molecule has 0 aromatic heterocycles. The molecular formula is C16H13ClFNO3. The van der Waals surface area contributed by atoms with Crippen LogP contribution in [0.4, 0.5) is 10.1 Å². The van der Waals surface area contributed by atoms with Crippen LogP contribution in [0.1, 0.15) is 5.56 Å². The van der Waals surface area contributed by atoms with Crippen molar-refractivity contribution in [1.29, 1.82) is 0 Å². The van der Waals surface area contributed by atoms with Crippen LogP contribution in [0.15, 0.2) is 36.4 Å². The summed E-state index contributed by atoms with van der Waals surface area (Å²) in [6.45, 7) is 1.02. The van der Waals surface area contributed by atoms with Crippen LogP contribution in [0.25, 0.3) is 0 Å². The quantitative estimate of drug-likeness (QED) is 0.942. The van der Waals surface area contributed by atoms with Crippen LogP contribution in [-0.2, 0) is 11.2 Å². The minimum atomic E-state index is -0.449. The van der Waals surface area contributed by atoms with E-state index in [9.17, 15) is 9.18 Å². The lowest BCUT2D eigenvalue weighted by Gasteiger charge is -2.18. The highest BCUT2D eigenvalue weighted by Crippen LogP contribution is 2.31. The van der Waals surface area contributed by atoms with Crippen molar-refractivity contribution in [3.63, 3.8) is 0 Å². The molecule has 0 saturated heterocycles. The molecule has 0 bridgehead atoms. The summed E-state index contributed by atoms with van der Waals surface area (Å²) in [5.41, 5.74) is 1.17. The third-order valence-electron chi connectivity index (χ3n) is 3.18. The highest BCUT2D eigenvalue weighted by Gasteiger charge is 2.14. The molecule has 0 unspecified atom stereocenters. The van der Waals surface area contributed by atoms with Crippen LogP contribution in [0.2, 0.25) is 5.02 Å². The second-order valence-corrected chi connectivity index (χ2v) is 5.23. The Hall–Kier alpha value is -2.27. The summed E-state index contributed by atoms with van der Waals surface area (Å²) in [4.78, 5) is 12.1. The molecule has 3 rings (SSSR count). The first-order valence-electron chi connectivity index (χ1n) is 6.75. The predicted octanol–water partition coefficient (Wildman–Crippen LogP) is 3.43. The summed E-state index contributed by atoms with van der Waals surface area (Å²) in [7, 11) is 0. The zero-order valence-corrected chi connectivity index (χ0v) is 12.3. The summed E-state index contributed by atoms with van der Waals surface area (Å²) in [6, 6.07) is 9.19. The second-order valence-electron chi connectivity index (χ2n) is 4.83. The fourth-order valence-corrected chi connectivity index (χ4v) is 2.38. The van der Waals surface area contributed by atoms with Gasteiger partial charge in [-0.05, 0) is 35.9 Å². The molecule has 0 fully saturated rings. The van der Waals surface area contributed by atoms with Crippen LogP contribution in [0, 0.1) is 5.82 Å². The number of rotatable bonds is 3. The van der Waals surface area contributed by atoms with Crippen LogP contribution >= 0.6 is 11.6 Å². The van der Waals surface area contributed by atoms with E-state index in [4.69, 9.17) is 21.1 Å². The van der Waals surface area contributed by atoms with Gasteiger partial charge < -0.3 is 14.8 Å². The fourth-order valence-electron chi connectivity index (χ4n) is 2.17. The number of anilines is 1. The maximum atomic E-state index is 13.0. The number of carbonyl (C=O) groups is 1. The van der Waals surface area contributed by atoms with Gasteiger partial charge in [-0.15, -0.1) is 0 Å². The maximum absolute atomic E-state index is 13.0. The van der Waals surface area contributed by atoms with Crippen molar-refractivity contribution in [1.82, 2.24) is 0 Å². The number of fused-ring (bicyclic) bond motifs is 1. The lowest BCUT2D eigenvalue weighted by molar-refractivity contribution is -0.115. The molecule has 0 saturated carbocycles. The van der Waals surface area contributed by atoms with E-state index >= 15 is 0 Å². The van der Waals surface area contributed by atoms with Crippen LogP contribution in [0.5, 0.6) is 11.5 Å². The van der Waals surface area contributed by atoms with Crippen molar-refractivity contribution in [2.24, 2.45) is 0 Å². The van der Waals surface area contributed by atoms with Crippen molar-refractivity contribution in [3.8, 4) is 11.5 Å². The smallest absolute Gasteiger partial charge is 0.228 e. The topological polar surface area (TPSA) is 47.6 Å². The van der Waals surface area contributed by atoms with E-state index in [-0.39, 0.29) is 17.4 Å². The first-order chi connectivity index (χ1) is 10.6. The molecule has 0 radical (unpaired) electrons. The molecule has 0 atom stereocenters. The van der Waals surface area contributed by atoms with Crippen molar-refractivity contribution in [2.75, 3.05) is 18.5 Å². The number of benzene rings is 2. The highest BCUT2D eigenvalue weighted by atomic mass is 35.5. The lowest BCUT2D eigenvalue weighted by Crippen LogP contribution is -2.17. The molecule has 1 heterocycles. The summed E-state index contributed by atoms with van der Waals surface area (Å²) in [5, 5.41) is 2.82. The standard InChI is InChI=1S/C16H13ClFNO3/c17-12-9-11(18)2-3-13(12)19-16(20)8-10-1-4-14-15(7-10)22-6-5-21-14/h1-4,7,9H,5-6,8H2,(H,19,20). The highest BCUT2D eigenvalue weighted by molar-refractivity contribution is 6.33. The Kier molecular flexibility index (Phi) is 4.15.